The number of carbonyl (C=O) groups excluding carboxylic acids is 1. The molecule has 0 aliphatic rings. The molecule has 22 heavy (non-hydrogen) atoms. The van der Waals surface area contributed by atoms with E-state index in [1.165, 1.54) is 17.5 Å². The van der Waals surface area contributed by atoms with E-state index in [4.69, 9.17) is 9.47 Å². The van der Waals surface area contributed by atoms with Crippen LogP contribution in [0.25, 0.3) is 10.1 Å². The van der Waals surface area contributed by atoms with Gasteiger partial charge in [-0.25, -0.2) is 9.78 Å². The number of esters is 1. The Morgan fingerprint density at radius 2 is 2.09 bits per heavy atom. The van der Waals surface area contributed by atoms with Crippen molar-refractivity contribution in [1.29, 1.82) is 0 Å². The molecule has 6 heteroatoms. The number of aromatic nitrogens is 1. The fourth-order valence-electron chi connectivity index (χ4n) is 1.97. The molecule has 2 heterocycles. The molecule has 5 nitrogen and oxygen atoms in total. The fraction of sp³-hybridized carbons (Fsp3) is 0.125. The van der Waals surface area contributed by atoms with Gasteiger partial charge in [-0.05, 0) is 19.1 Å². The molecule has 0 spiro atoms. The van der Waals surface area contributed by atoms with E-state index in [1.54, 1.807) is 13.0 Å². The quantitative estimate of drug-likeness (QED) is 0.738. The Morgan fingerprint density at radius 1 is 1.32 bits per heavy atom. The third-order valence-electron chi connectivity index (χ3n) is 2.94. The smallest absolute Gasteiger partial charge is 0.360 e. The zero-order valence-electron chi connectivity index (χ0n) is 11.8. The predicted octanol–water partition coefficient (Wildman–Crippen LogP) is 3.97. The summed E-state index contributed by atoms with van der Waals surface area (Å²) in [5, 5.41) is 11.5. The lowest BCUT2D eigenvalue weighted by Crippen LogP contribution is -2.06. The molecule has 0 bridgehead atoms. The number of nitrogens with zero attached hydrogens (tertiary/aromatic N) is 1. The third-order valence-corrected chi connectivity index (χ3v) is 3.98. The van der Waals surface area contributed by atoms with Gasteiger partial charge < -0.3 is 14.6 Å². The molecule has 0 saturated heterocycles. The molecule has 2 aromatic heterocycles. The van der Waals surface area contributed by atoms with Gasteiger partial charge in [0, 0.05) is 17.6 Å². The number of para-hydroxylation sites is 1. The largest absolute Gasteiger partial charge is 0.504 e. The lowest BCUT2D eigenvalue weighted by atomic mass is 10.2. The monoisotopic (exact) mass is 315 g/mol. The Bertz CT molecular complexity index is 814. The molecule has 0 atom stereocenters. The highest BCUT2D eigenvalue weighted by Crippen LogP contribution is 2.40. The molecule has 3 rings (SSSR count). The first-order valence-electron chi connectivity index (χ1n) is 6.70. The van der Waals surface area contributed by atoms with E-state index >= 15 is 0 Å². The van der Waals surface area contributed by atoms with Crippen molar-refractivity contribution >= 4 is 27.4 Å². The van der Waals surface area contributed by atoms with Crippen LogP contribution >= 0.6 is 11.3 Å². The van der Waals surface area contributed by atoms with Gasteiger partial charge in [0.05, 0.1) is 11.3 Å². The number of hydrogen-bond acceptors (Lipinski definition) is 6. The SMILES string of the molecule is CCOC(=O)c1ncc2cc(Oc3ccccc3)sc2c1O. The second-order valence-electron chi connectivity index (χ2n) is 4.44. The number of hydrogen-bond donors (Lipinski definition) is 1. The van der Waals surface area contributed by atoms with Crippen LogP contribution in [0.1, 0.15) is 17.4 Å². The fourth-order valence-corrected chi connectivity index (χ4v) is 2.92. The number of carbonyl (C=O) groups is 1. The summed E-state index contributed by atoms with van der Waals surface area (Å²) in [6.07, 6.45) is 1.52. The van der Waals surface area contributed by atoms with Crippen molar-refractivity contribution in [2.24, 2.45) is 0 Å². The highest BCUT2D eigenvalue weighted by atomic mass is 32.1. The van der Waals surface area contributed by atoms with Crippen molar-refractivity contribution in [3.05, 3.63) is 48.3 Å². The van der Waals surface area contributed by atoms with Crippen LogP contribution in [0.3, 0.4) is 0 Å². The van der Waals surface area contributed by atoms with Crippen LogP contribution in [0.4, 0.5) is 0 Å². The standard InChI is InChI=1S/C16H13NO4S/c1-2-20-16(19)13-14(18)15-10(9-17-13)8-12(22-15)21-11-6-4-3-5-7-11/h3-9,18H,2H2,1H3. The average Bonchev–Trinajstić information content (AvgIpc) is 2.92. The second kappa shape index (κ2) is 6.03. The summed E-state index contributed by atoms with van der Waals surface area (Å²) in [5.41, 5.74) is -0.0811. The number of fused-ring (bicyclic) bond motifs is 1. The summed E-state index contributed by atoms with van der Waals surface area (Å²) in [5.74, 6) is -0.114. The molecule has 1 aromatic carbocycles. The van der Waals surface area contributed by atoms with Gasteiger partial charge in [-0.15, -0.1) is 0 Å². The zero-order valence-corrected chi connectivity index (χ0v) is 12.6. The minimum Gasteiger partial charge on any atom is -0.504 e. The summed E-state index contributed by atoms with van der Waals surface area (Å²) in [7, 11) is 0. The molecular formula is C16H13NO4S. The van der Waals surface area contributed by atoms with Crippen LogP contribution in [-0.4, -0.2) is 22.7 Å². The molecule has 0 saturated carbocycles. The van der Waals surface area contributed by atoms with Crippen molar-refractivity contribution in [3.63, 3.8) is 0 Å². The number of benzene rings is 1. The highest BCUT2D eigenvalue weighted by molar-refractivity contribution is 7.21. The van der Waals surface area contributed by atoms with Gasteiger partial charge in [0.2, 0.25) is 0 Å². The van der Waals surface area contributed by atoms with Crippen molar-refractivity contribution in [2.45, 2.75) is 6.92 Å². The number of ether oxygens (including phenoxy) is 2. The summed E-state index contributed by atoms with van der Waals surface area (Å²) in [6, 6.07) is 11.1. The van der Waals surface area contributed by atoms with Gasteiger partial charge in [-0.3, -0.25) is 0 Å². The summed E-state index contributed by atoms with van der Waals surface area (Å²) >= 11 is 1.25. The lowest BCUT2D eigenvalue weighted by molar-refractivity contribution is 0.0516. The van der Waals surface area contributed by atoms with Gasteiger partial charge >= 0.3 is 5.97 Å². The minimum absolute atomic E-state index is 0.0811. The van der Waals surface area contributed by atoms with Crippen LogP contribution in [0.5, 0.6) is 16.6 Å². The van der Waals surface area contributed by atoms with E-state index in [-0.39, 0.29) is 18.1 Å². The van der Waals surface area contributed by atoms with E-state index in [0.717, 1.165) is 0 Å². The Hall–Kier alpha value is -2.60. The zero-order chi connectivity index (χ0) is 15.5. The van der Waals surface area contributed by atoms with Crippen molar-refractivity contribution in [3.8, 4) is 16.6 Å². The molecule has 0 radical (unpaired) electrons. The third kappa shape index (κ3) is 2.73. The topological polar surface area (TPSA) is 68.7 Å². The second-order valence-corrected chi connectivity index (χ2v) is 5.46. The van der Waals surface area contributed by atoms with Gasteiger partial charge in [0.15, 0.2) is 16.5 Å². The van der Waals surface area contributed by atoms with Gasteiger partial charge in [0.25, 0.3) is 0 Å². The molecular weight excluding hydrogens is 302 g/mol. The van der Waals surface area contributed by atoms with Crippen molar-refractivity contribution < 1.29 is 19.4 Å². The van der Waals surface area contributed by atoms with Crippen LogP contribution in [0.2, 0.25) is 0 Å². The highest BCUT2D eigenvalue weighted by Gasteiger charge is 2.19. The first-order chi connectivity index (χ1) is 10.7. The molecule has 3 aromatic rings. The van der Waals surface area contributed by atoms with Crippen LogP contribution in [-0.2, 0) is 4.74 Å². The van der Waals surface area contributed by atoms with E-state index in [0.29, 0.717) is 20.9 Å². The Kier molecular flexibility index (Phi) is 3.93. The van der Waals surface area contributed by atoms with Gasteiger partial charge in [-0.1, -0.05) is 29.5 Å². The first kappa shape index (κ1) is 14.3. The minimum atomic E-state index is -0.638. The molecule has 0 amide bonds. The summed E-state index contributed by atoms with van der Waals surface area (Å²) < 4.78 is 11.1. The molecule has 0 aliphatic heterocycles. The Morgan fingerprint density at radius 3 is 2.82 bits per heavy atom. The maximum atomic E-state index is 11.7. The summed E-state index contributed by atoms with van der Waals surface area (Å²) in [4.78, 5) is 15.7. The van der Waals surface area contributed by atoms with Crippen molar-refractivity contribution in [1.82, 2.24) is 4.98 Å². The molecule has 0 aliphatic carbocycles. The molecule has 0 unspecified atom stereocenters. The van der Waals surface area contributed by atoms with Crippen LogP contribution in [0, 0.1) is 0 Å². The van der Waals surface area contributed by atoms with Crippen LogP contribution < -0.4 is 4.74 Å². The molecule has 0 fully saturated rings. The van der Waals surface area contributed by atoms with E-state index < -0.39 is 5.97 Å². The Balaban J connectivity index is 1.96. The van der Waals surface area contributed by atoms with E-state index in [1.807, 2.05) is 30.3 Å². The summed E-state index contributed by atoms with van der Waals surface area (Å²) in [6.45, 7) is 1.93. The van der Waals surface area contributed by atoms with Gasteiger partial charge in [-0.2, -0.15) is 0 Å². The number of aromatic hydroxyl groups is 1. The van der Waals surface area contributed by atoms with Crippen molar-refractivity contribution in [2.75, 3.05) is 6.61 Å². The first-order valence-corrected chi connectivity index (χ1v) is 7.52. The number of rotatable bonds is 4. The normalized spacial score (nSPS) is 10.6. The maximum Gasteiger partial charge on any atom is 0.360 e. The van der Waals surface area contributed by atoms with E-state index in [9.17, 15) is 9.90 Å². The molecule has 112 valence electrons. The van der Waals surface area contributed by atoms with Crippen LogP contribution in [0.15, 0.2) is 42.6 Å². The van der Waals surface area contributed by atoms with Gasteiger partial charge in [0.1, 0.15) is 5.75 Å². The predicted molar refractivity (Wildman–Crippen MR) is 83.8 cm³/mol. The molecule has 1 N–H and O–H groups in total. The maximum absolute atomic E-state index is 11.7. The number of thiophene rings is 1. The van der Waals surface area contributed by atoms with E-state index in [2.05, 4.69) is 4.98 Å². The lowest BCUT2D eigenvalue weighted by Gasteiger charge is -2.03. The Labute approximate surface area is 130 Å². The average molecular weight is 315 g/mol. The number of pyridine rings is 1.